The van der Waals surface area contributed by atoms with Gasteiger partial charge in [0.1, 0.15) is 12.4 Å². The van der Waals surface area contributed by atoms with Gasteiger partial charge in [0.15, 0.2) is 5.96 Å². The van der Waals surface area contributed by atoms with Crippen LogP contribution in [-0.2, 0) is 6.54 Å². The lowest BCUT2D eigenvalue weighted by atomic mass is 10.2. The molecule has 154 valence electrons. The molecule has 0 aromatic heterocycles. The summed E-state index contributed by atoms with van der Waals surface area (Å²) in [4.78, 5) is 9.39. The van der Waals surface area contributed by atoms with Crippen LogP contribution in [0.1, 0.15) is 26.3 Å². The highest BCUT2D eigenvalue weighted by Gasteiger charge is 2.28. The number of likely N-dealkylation sites (N-methyl/N-ethyl adjacent to an activating group) is 1. The highest BCUT2D eigenvalue weighted by atomic mass is 127. The number of hydrogen-bond acceptors (Lipinski definition) is 4. The summed E-state index contributed by atoms with van der Waals surface area (Å²) in [5.74, 6) is 3.08. The Morgan fingerprint density at radius 3 is 2.81 bits per heavy atom. The van der Waals surface area contributed by atoms with Crippen molar-refractivity contribution in [1.82, 2.24) is 15.1 Å². The van der Waals surface area contributed by atoms with Crippen molar-refractivity contribution < 1.29 is 4.74 Å². The maximum absolute atomic E-state index is 5.84. The summed E-state index contributed by atoms with van der Waals surface area (Å²) < 4.78 is 6.11. The van der Waals surface area contributed by atoms with Crippen LogP contribution < -0.4 is 10.1 Å². The summed E-state index contributed by atoms with van der Waals surface area (Å²) >= 11 is 2.04. The minimum Gasteiger partial charge on any atom is -0.492 e. The summed E-state index contributed by atoms with van der Waals surface area (Å²) in [7, 11) is 4.11. The second kappa shape index (κ2) is 12.0. The Kier molecular flexibility index (Phi) is 10.8. The maximum Gasteiger partial charge on any atom is 0.194 e. The van der Waals surface area contributed by atoms with Crippen molar-refractivity contribution in [2.24, 2.45) is 4.99 Å². The lowest BCUT2D eigenvalue weighted by Gasteiger charge is -2.39. The third kappa shape index (κ3) is 8.91. The van der Waals surface area contributed by atoms with Gasteiger partial charge in [0.05, 0.1) is 6.54 Å². The van der Waals surface area contributed by atoms with E-state index >= 15 is 0 Å². The minimum atomic E-state index is 0. The summed E-state index contributed by atoms with van der Waals surface area (Å²) in [5.41, 5.74) is 1.17. The molecule has 0 radical (unpaired) electrons. The SMILES string of the molecule is CCNC(=NCc1cccc(OCCN(C)C)c1)N1CCSC(C)(C)C1.I. The number of guanidine groups is 1. The fourth-order valence-corrected chi connectivity index (χ4v) is 3.98. The number of rotatable bonds is 7. The van der Waals surface area contributed by atoms with Crippen LogP contribution in [0.2, 0.25) is 0 Å². The molecule has 1 aromatic carbocycles. The first-order chi connectivity index (χ1) is 12.4. The van der Waals surface area contributed by atoms with Crippen molar-refractivity contribution >= 4 is 41.7 Å². The monoisotopic (exact) mass is 506 g/mol. The maximum atomic E-state index is 5.84. The third-order valence-electron chi connectivity index (χ3n) is 4.18. The van der Waals surface area contributed by atoms with Gasteiger partial charge in [-0.15, -0.1) is 24.0 Å². The van der Waals surface area contributed by atoms with E-state index in [1.807, 2.05) is 23.9 Å². The van der Waals surface area contributed by atoms with E-state index in [-0.39, 0.29) is 28.7 Å². The second-order valence-electron chi connectivity index (χ2n) is 7.50. The minimum absolute atomic E-state index is 0. The molecule has 0 aliphatic carbocycles. The van der Waals surface area contributed by atoms with Crippen molar-refractivity contribution in [2.75, 3.05) is 52.6 Å². The Balaban J connectivity index is 0.00000364. The Hall–Kier alpha value is -0.670. The van der Waals surface area contributed by atoms with Crippen molar-refractivity contribution in [3.63, 3.8) is 0 Å². The lowest BCUT2D eigenvalue weighted by Crippen LogP contribution is -2.50. The summed E-state index contributed by atoms with van der Waals surface area (Å²) in [6, 6.07) is 8.27. The largest absolute Gasteiger partial charge is 0.492 e. The normalized spacial score (nSPS) is 16.8. The van der Waals surface area contributed by atoms with Gasteiger partial charge in [0.2, 0.25) is 0 Å². The Morgan fingerprint density at radius 2 is 2.15 bits per heavy atom. The first-order valence-corrected chi connectivity index (χ1v) is 10.4. The molecule has 1 heterocycles. The third-order valence-corrected chi connectivity index (χ3v) is 5.47. The topological polar surface area (TPSA) is 40.1 Å². The van der Waals surface area contributed by atoms with E-state index in [1.165, 1.54) is 5.56 Å². The Bertz CT molecular complexity index is 595. The molecule has 1 aromatic rings. The molecule has 1 saturated heterocycles. The van der Waals surface area contributed by atoms with Gasteiger partial charge in [-0.25, -0.2) is 4.99 Å². The van der Waals surface area contributed by atoms with E-state index in [0.717, 1.165) is 43.6 Å². The van der Waals surface area contributed by atoms with Crippen molar-refractivity contribution in [1.29, 1.82) is 0 Å². The first kappa shape index (κ1) is 24.4. The van der Waals surface area contributed by atoms with Crippen LogP contribution >= 0.6 is 35.7 Å². The predicted molar refractivity (Wildman–Crippen MR) is 129 cm³/mol. The molecule has 1 aliphatic rings. The fourth-order valence-electron chi connectivity index (χ4n) is 2.87. The van der Waals surface area contributed by atoms with Gasteiger partial charge in [-0.1, -0.05) is 12.1 Å². The van der Waals surface area contributed by atoms with Crippen molar-refractivity contribution in [2.45, 2.75) is 32.1 Å². The number of nitrogens with zero attached hydrogens (tertiary/aromatic N) is 3. The number of benzene rings is 1. The molecule has 0 spiro atoms. The molecule has 0 unspecified atom stereocenters. The van der Waals surface area contributed by atoms with Crippen molar-refractivity contribution in [3.8, 4) is 5.75 Å². The second-order valence-corrected chi connectivity index (χ2v) is 9.30. The Labute approximate surface area is 186 Å². The van der Waals surface area contributed by atoms with Crippen molar-refractivity contribution in [3.05, 3.63) is 29.8 Å². The van der Waals surface area contributed by atoms with E-state index in [2.05, 4.69) is 62.1 Å². The average molecular weight is 506 g/mol. The first-order valence-electron chi connectivity index (χ1n) is 9.43. The van der Waals surface area contributed by atoms with Gasteiger partial charge in [-0.3, -0.25) is 0 Å². The zero-order chi connectivity index (χ0) is 19.0. The number of halogens is 1. The molecule has 1 N–H and O–H groups in total. The zero-order valence-corrected chi connectivity index (χ0v) is 20.5. The van der Waals surface area contributed by atoms with E-state index in [0.29, 0.717) is 13.2 Å². The predicted octanol–water partition coefficient (Wildman–Crippen LogP) is 3.54. The summed E-state index contributed by atoms with van der Waals surface area (Å²) in [5, 5.41) is 3.45. The number of thioether (sulfide) groups is 1. The molecule has 7 heteroatoms. The van der Waals surface area contributed by atoms with Crippen LogP contribution in [0.4, 0.5) is 0 Å². The lowest BCUT2D eigenvalue weighted by molar-refractivity contribution is 0.261. The van der Waals surface area contributed by atoms with Gasteiger partial charge in [0, 0.05) is 36.7 Å². The highest BCUT2D eigenvalue weighted by molar-refractivity contribution is 14.0. The molecule has 5 nitrogen and oxygen atoms in total. The molecule has 1 fully saturated rings. The Morgan fingerprint density at radius 1 is 1.37 bits per heavy atom. The zero-order valence-electron chi connectivity index (χ0n) is 17.3. The van der Waals surface area contributed by atoms with Gasteiger partial charge >= 0.3 is 0 Å². The van der Waals surface area contributed by atoms with Gasteiger partial charge in [-0.2, -0.15) is 11.8 Å². The van der Waals surface area contributed by atoms with Crippen LogP contribution in [0.3, 0.4) is 0 Å². The molecule has 27 heavy (non-hydrogen) atoms. The quantitative estimate of drug-likeness (QED) is 0.348. The van der Waals surface area contributed by atoms with Gasteiger partial charge in [0.25, 0.3) is 0 Å². The van der Waals surface area contributed by atoms with E-state index < -0.39 is 0 Å². The van der Waals surface area contributed by atoms with E-state index in [4.69, 9.17) is 9.73 Å². The molecule has 0 bridgehead atoms. The molecule has 2 rings (SSSR count). The number of aliphatic imine (C=N–C) groups is 1. The molecule has 0 saturated carbocycles. The van der Waals surface area contributed by atoms with Crippen LogP contribution in [0.15, 0.2) is 29.3 Å². The summed E-state index contributed by atoms with van der Waals surface area (Å²) in [6.07, 6.45) is 0. The average Bonchev–Trinajstić information content (AvgIpc) is 2.58. The highest BCUT2D eigenvalue weighted by Crippen LogP contribution is 2.29. The van der Waals surface area contributed by atoms with Gasteiger partial charge < -0.3 is 19.9 Å². The number of ether oxygens (including phenoxy) is 1. The van der Waals surface area contributed by atoms with Gasteiger partial charge in [-0.05, 0) is 52.6 Å². The van der Waals surface area contributed by atoms with Crippen LogP contribution in [0.25, 0.3) is 0 Å². The van der Waals surface area contributed by atoms with E-state index in [1.54, 1.807) is 0 Å². The molecular formula is C20H35IN4OS. The van der Waals surface area contributed by atoms with E-state index in [9.17, 15) is 0 Å². The number of hydrogen-bond donors (Lipinski definition) is 1. The fraction of sp³-hybridized carbons (Fsp3) is 0.650. The molecule has 0 amide bonds. The molecule has 0 atom stereocenters. The smallest absolute Gasteiger partial charge is 0.194 e. The number of nitrogens with one attached hydrogen (secondary N) is 1. The summed E-state index contributed by atoms with van der Waals surface area (Å²) in [6.45, 7) is 12.0. The van der Waals surface area contributed by atoms with Crippen LogP contribution in [-0.4, -0.2) is 73.1 Å². The van der Waals surface area contributed by atoms with Crippen LogP contribution in [0, 0.1) is 0 Å². The standard InChI is InChI=1S/C20H34N4OS.HI/c1-6-21-19(24-11-13-26-20(2,3)16-24)22-15-17-8-7-9-18(14-17)25-12-10-23(4)5;/h7-9,14H,6,10-13,15-16H2,1-5H3,(H,21,22);1H. The van der Waals surface area contributed by atoms with Crippen LogP contribution in [0.5, 0.6) is 5.75 Å². The molecule has 1 aliphatic heterocycles. The molecular weight excluding hydrogens is 471 g/mol.